The Morgan fingerprint density at radius 2 is 0.976 bits per heavy atom. The Hall–Kier alpha value is -0.903. The average Bonchev–Trinajstić information content (AvgIpc) is 3.48. The first-order chi connectivity index (χ1) is 19.6. The van der Waals surface area contributed by atoms with Gasteiger partial charge in [0.15, 0.2) is 0 Å². The molecule has 0 nitrogen and oxygen atoms in total. The molecule has 0 unspecified atom stereocenters. The molecule has 0 saturated heterocycles. The minimum absolute atomic E-state index is 0.215. The molecular weight excluding hydrogens is 644 g/mol. The van der Waals surface area contributed by atoms with E-state index in [2.05, 4.69) is 135 Å². The molecule has 0 atom stereocenters. The summed E-state index contributed by atoms with van der Waals surface area (Å²) < 4.78 is 0. The number of rotatable bonds is 10. The van der Waals surface area contributed by atoms with E-state index in [0.717, 1.165) is 0 Å². The van der Waals surface area contributed by atoms with Gasteiger partial charge in [0, 0.05) is 0 Å². The van der Waals surface area contributed by atoms with Crippen LogP contribution in [-0.2, 0) is 21.7 Å². The van der Waals surface area contributed by atoms with Gasteiger partial charge in [-0.3, -0.25) is 0 Å². The van der Waals surface area contributed by atoms with Gasteiger partial charge in [0.2, 0.25) is 0 Å². The molecule has 2 aliphatic rings. The van der Waals surface area contributed by atoms with Crippen molar-refractivity contribution in [2.45, 2.75) is 141 Å². The molecule has 3 aromatic carbocycles. The third kappa shape index (κ3) is 4.28. The van der Waals surface area contributed by atoms with Gasteiger partial charge < -0.3 is 0 Å². The smallest absolute Gasteiger partial charge is 0.0987 e. The normalized spacial score (nSPS) is 19.9. The van der Waals surface area contributed by atoms with Crippen LogP contribution in [0.2, 0.25) is 0 Å². The fraction of sp³-hybridized carbons (Fsp3) is 0.579. The predicted molar refractivity (Wildman–Crippen MR) is 192 cm³/mol. The van der Waals surface area contributed by atoms with E-state index < -0.39 is 5.31 Å². The summed E-state index contributed by atoms with van der Waals surface area (Å²) in [4.78, 5) is 0. The van der Waals surface area contributed by atoms with Crippen LogP contribution in [-0.4, -0.2) is 5.31 Å². The summed E-state index contributed by atoms with van der Waals surface area (Å²) in [6.07, 6.45) is 12.3. The first kappa shape index (κ1) is 31.5. The summed E-state index contributed by atoms with van der Waals surface area (Å²) in [6.45, 7) is 19.8. The van der Waals surface area contributed by atoms with E-state index in [9.17, 15) is 0 Å². The summed E-state index contributed by atoms with van der Waals surface area (Å²) >= 11 is 9.33. The fourth-order valence-corrected chi connectivity index (χ4v) is 16.7. The van der Waals surface area contributed by atoms with Crippen molar-refractivity contribution in [3.63, 3.8) is 0 Å². The highest BCUT2D eigenvalue weighted by molar-refractivity contribution is 9.52. The van der Waals surface area contributed by atoms with Crippen molar-refractivity contribution in [2.75, 3.05) is 0 Å². The van der Waals surface area contributed by atoms with Crippen LogP contribution in [0, 0.1) is 0 Å². The number of benzene rings is 3. The molecule has 0 bridgehead atoms. The molecule has 0 amide bonds. The lowest BCUT2D eigenvalue weighted by molar-refractivity contribution is 0.279. The number of halogens is 2. The summed E-state index contributed by atoms with van der Waals surface area (Å²) in [7, 11) is 0. The van der Waals surface area contributed by atoms with E-state index in [4.69, 9.17) is 0 Å². The van der Waals surface area contributed by atoms with Crippen LogP contribution in [0.25, 0.3) is 10.8 Å². The summed E-state index contributed by atoms with van der Waals surface area (Å²) in [5.41, 5.74) is 7.85. The van der Waals surface area contributed by atoms with Crippen LogP contribution in [0.1, 0.15) is 142 Å². The minimum Gasteiger partial charge on any atom is -0.0987 e. The Kier molecular flexibility index (Phi) is 8.63. The van der Waals surface area contributed by atoms with Crippen LogP contribution < -0.4 is 10.4 Å². The van der Waals surface area contributed by atoms with Crippen molar-refractivity contribution in [1.82, 2.24) is 0 Å². The summed E-state index contributed by atoms with van der Waals surface area (Å²) in [5, 5.41) is 3.39. The maximum Gasteiger partial charge on any atom is 0.261 e. The predicted octanol–water partition coefficient (Wildman–Crippen LogP) is 11.2. The zero-order valence-electron chi connectivity index (χ0n) is 26.9. The highest BCUT2D eigenvalue weighted by Gasteiger charge is 2.59. The van der Waals surface area contributed by atoms with Crippen molar-refractivity contribution in [3.8, 4) is 0 Å². The summed E-state index contributed by atoms with van der Waals surface area (Å²) in [5.74, 6) is 0. The first-order valence-corrected chi connectivity index (χ1v) is 23.2. The zero-order valence-corrected chi connectivity index (χ0v) is 31.1. The van der Waals surface area contributed by atoms with E-state index in [-0.39, 0.29) is 21.7 Å². The Balaban J connectivity index is 2.05. The van der Waals surface area contributed by atoms with Crippen molar-refractivity contribution in [3.05, 3.63) is 70.8 Å². The van der Waals surface area contributed by atoms with Crippen molar-refractivity contribution in [1.29, 1.82) is 0 Å². The number of hydrogen-bond acceptors (Lipinski definition) is 0. The molecule has 0 spiro atoms. The summed E-state index contributed by atoms with van der Waals surface area (Å²) in [6, 6.07) is 18.9. The SMILES string of the molecule is CCC1(CC)CC(CC)(CC)c2c1cc1c(c2[Si](Br)(Br)c2cccc3ccccc23)C(CC)(CC)CC1(CC)CC. The second-order valence-corrected chi connectivity index (χ2v) is 26.0. The van der Waals surface area contributed by atoms with Crippen LogP contribution in [0.4, 0.5) is 0 Å². The lowest BCUT2D eigenvalue weighted by Gasteiger charge is -2.39. The van der Waals surface area contributed by atoms with Crippen LogP contribution in [0.15, 0.2) is 48.5 Å². The van der Waals surface area contributed by atoms with Crippen LogP contribution in [0.5, 0.6) is 0 Å². The molecule has 3 heteroatoms. The molecule has 41 heavy (non-hydrogen) atoms. The molecule has 0 heterocycles. The van der Waals surface area contributed by atoms with E-state index >= 15 is 0 Å². The van der Waals surface area contributed by atoms with E-state index in [1.807, 2.05) is 0 Å². The molecule has 0 N–H and O–H groups in total. The second kappa shape index (κ2) is 11.2. The monoisotopic (exact) mass is 694 g/mol. The van der Waals surface area contributed by atoms with Gasteiger partial charge in [-0.15, -0.1) is 0 Å². The highest BCUT2D eigenvalue weighted by atomic mass is 79.9. The Morgan fingerprint density at radius 3 is 1.41 bits per heavy atom. The van der Waals surface area contributed by atoms with E-state index in [1.165, 1.54) is 80.2 Å². The van der Waals surface area contributed by atoms with Gasteiger partial charge >= 0.3 is 0 Å². The largest absolute Gasteiger partial charge is 0.261 e. The Bertz CT molecular complexity index is 1350. The van der Waals surface area contributed by atoms with Crippen molar-refractivity contribution >= 4 is 57.0 Å². The van der Waals surface area contributed by atoms with Gasteiger partial charge in [0.25, 0.3) is 5.31 Å². The molecule has 0 radical (unpaired) electrons. The van der Waals surface area contributed by atoms with Gasteiger partial charge in [0.1, 0.15) is 0 Å². The van der Waals surface area contributed by atoms with Crippen molar-refractivity contribution in [2.24, 2.45) is 0 Å². The van der Waals surface area contributed by atoms with Gasteiger partial charge in [-0.1, -0.05) is 135 Å². The molecule has 3 aromatic rings. The van der Waals surface area contributed by atoms with Crippen molar-refractivity contribution < 1.29 is 0 Å². The fourth-order valence-electron chi connectivity index (χ4n) is 9.70. The lowest BCUT2D eigenvalue weighted by Crippen LogP contribution is -2.55. The van der Waals surface area contributed by atoms with Crippen LogP contribution in [0.3, 0.4) is 0 Å². The standard InChI is InChI=1S/C38H52Br2Si/c1-9-35(10-2)25-37(13-5,14-6)32-29(35)24-30-33(38(15-7,16-8)26-36(30,11-3)12-4)34(32)41(39,40)31-23-19-21-27-20-17-18-22-28(27)31/h17-24H,9-16,25-26H2,1-8H3. The molecular formula is C38H52Br2Si. The van der Waals surface area contributed by atoms with Crippen LogP contribution >= 0.6 is 30.6 Å². The van der Waals surface area contributed by atoms with E-state index in [1.54, 1.807) is 27.4 Å². The van der Waals surface area contributed by atoms with Gasteiger partial charge in [-0.2, -0.15) is 0 Å². The zero-order chi connectivity index (χ0) is 29.8. The first-order valence-electron chi connectivity index (χ1n) is 16.7. The third-order valence-electron chi connectivity index (χ3n) is 12.7. The molecule has 222 valence electrons. The quantitative estimate of drug-likeness (QED) is 0.146. The number of fused-ring (bicyclic) bond motifs is 3. The minimum atomic E-state index is -2.53. The maximum atomic E-state index is 4.67. The van der Waals surface area contributed by atoms with E-state index in [0.29, 0.717) is 0 Å². The molecule has 5 rings (SSSR count). The molecule has 2 aliphatic carbocycles. The van der Waals surface area contributed by atoms with Gasteiger partial charge in [0.05, 0.1) is 0 Å². The second-order valence-electron chi connectivity index (χ2n) is 13.5. The molecule has 0 saturated carbocycles. The van der Waals surface area contributed by atoms with Gasteiger partial charge in [-0.25, -0.2) is 0 Å². The Labute approximate surface area is 267 Å². The molecule has 0 aliphatic heterocycles. The third-order valence-corrected chi connectivity index (χ3v) is 19.9. The highest BCUT2D eigenvalue weighted by Crippen LogP contribution is 2.62. The molecule has 0 fully saturated rings. The molecule has 0 aromatic heterocycles. The topological polar surface area (TPSA) is 0 Å². The lowest BCUT2D eigenvalue weighted by atomic mass is 9.70. The van der Waals surface area contributed by atoms with Gasteiger partial charge in [-0.05, 0) is 129 Å². The number of hydrogen-bond donors (Lipinski definition) is 0. The maximum absolute atomic E-state index is 4.67. The Morgan fingerprint density at radius 1 is 0.561 bits per heavy atom. The average molecular weight is 697 g/mol.